The molecule has 0 atom stereocenters. The Bertz CT molecular complexity index is 662. The standard InChI is InChI=1S/C12H14N2O5S/c1-20(18,19)11-7-9(6-10(8-11)14(16)17)12(15)13-4-2-3-5-13/h6-8H,2-5H2,1H3. The van der Waals surface area contributed by atoms with Crippen LogP contribution in [-0.2, 0) is 9.84 Å². The zero-order valence-electron chi connectivity index (χ0n) is 10.9. The number of rotatable bonds is 3. The summed E-state index contributed by atoms with van der Waals surface area (Å²) >= 11 is 0. The van der Waals surface area contributed by atoms with E-state index in [9.17, 15) is 23.3 Å². The highest BCUT2D eigenvalue weighted by molar-refractivity contribution is 7.90. The van der Waals surface area contributed by atoms with E-state index in [2.05, 4.69) is 0 Å². The van der Waals surface area contributed by atoms with Crippen LogP contribution in [0.2, 0.25) is 0 Å². The largest absolute Gasteiger partial charge is 0.339 e. The topological polar surface area (TPSA) is 97.6 Å². The molecule has 0 aromatic heterocycles. The molecule has 7 nitrogen and oxygen atoms in total. The van der Waals surface area contributed by atoms with Crippen LogP contribution in [0.3, 0.4) is 0 Å². The van der Waals surface area contributed by atoms with Crippen LogP contribution in [0.5, 0.6) is 0 Å². The number of amides is 1. The molecule has 1 aromatic carbocycles. The SMILES string of the molecule is CS(=O)(=O)c1cc(C(=O)N2CCCC2)cc([N+](=O)[O-])c1. The molecular weight excluding hydrogens is 284 g/mol. The van der Waals surface area contributed by atoms with Gasteiger partial charge in [0.15, 0.2) is 9.84 Å². The van der Waals surface area contributed by atoms with Crippen molar-refractivity contribution >= 4 is 21.4 Å². The average molecular weight is 298 g/mol. The minimum absolute atomic E-state index is 0.0431. The molecular formula is C12H14N2O5S. The fourth-order valence-corrected chi connectivity index (χ4v) is 2.80. The third-order valence-electron chi connectivity index (χ3n) is 3.17. The van der Waals surface area contributed by atoms with Crippen molar-refractivity contribution in [2.45, 2.75) is 17.7 Å². The molecule has 1 heterocycles. The number of carbonyl (C=O) groups is 1. The van der Waals surface area contributed by atoms with Crippen LogP contribution in [0, 0.1) is 10.1 Å². The van der Waals surface area contributed by atoms with E-state index in [1.165, 1.54) is 6.07 Å². The summed E-state index contributed by atoms with van der Waals surface area (Å²) in [6.07, 6.45) is 2.73. The Labute approximate surface area is 116 Å². The van der Waals surface area contributed by atoms with Gasteiger partial charge >= 0.3 is 0 Å². The second-order valence-corrected chi connectivity index (χ2v) is 6.76. The molecule has 8 heteroatoms. The number of benzene rings is 1. The molecule has 0 bridgehead atoms. The Morgan fingerprint density at radius 3 is 2.35 bits per heavy atom. The molecule has 0 saturated carbocycles. The van der Waals surface area contributed by atoms with Crippen molar-refractivity contribution in [2.24, 2.45) is 0 Å². The third-order valence-corrected chi connectivity index (χ3v) is 4.26. The molecule has 20 heavy (non-hydrogen) atoms. The Balaban J connectivity index is 2.49. The summed E-state index contributed by atoms with van der Waals surface area (Å²) in [6.45, 7) is 1.19. The summed E-state index contributed by atoms with van der Waals surface area (Å²) in [5, 5.41) is 10.9. The number of hydrogen-bond acceptors (Lipinski definition) is 5. The first-order chi connectivity index (χ1) is 9.29. The summed E-state index contributed by atoms with van der Waals surface area (Å²) < 4.78 is 23.1. The smallest absolute Gasteiger partial charge is 0.271 e. The Kier molecular flexibility index (Phi) is 3.76. The van der Waals surface area contributed by atoms with Crippen molar-refractivity contribution in [3.8, 4) is 0 Å². The highest BCUT2D eigenvalue weighted by Crippen LogP contribution is 2.23. The summed E-state index contributed by atoms with van der Waals surface area (Å²) in [7, 11) is -3.61. The van der Waals surface area contributed by atoms with Gasteiger partial charge in [0.05, 0.1) is 9.82 Å². The van der Waals surface area contributed by atoms with Gasteiger partial charge in [-0.1, -0.05) is 0 Å². The number of likely N-dealkylation sites (tertiary alicyclic amines) is 1. The highest BCUT2D eigenvalue weighted by Gasteiger charge is 2.24. The number of nitrogens with zero attached hydrogens (tertiary/aromatic N) is 2. The molecule has 0 aliphatic carbocycles. The maximum absolute atomic E-state index is 12.2. The maximum Gasteiger partial charge on any atom is 0.271 e. The molecule has 0 unspecified atom stereocenters. The van der Waals surface area contributed by atoms with Crippen molar-refractivity contribution < 1.29 is 18.1 Å². The predicted molar refractivity (Wildman–Crippen MR) is 71.3 cm³/mol. The Morgan fingerprint density at radius 2 is 1.85 bits per heavy atom. The Morgan fingerprint density at radius 1 is 1.25 bits per heavy atom. The van der Waals surface area contributed by atoms with Gasteiger partial charge in [-0.05, 0) is 18.9 Å². The van der Waals surface area contributed by atoms with Crippen LogP contribution in [0.15, 0.2) is 23.1 Å². The zero-order chi connectivity index (χ0) is 14.9. The first kappa shape index (κ1) is 14.4. The van der Waals surface area contributed by atoms with E-state index in [1.54, 1.807) is 4.90 Å². The zero-order valence-corrected chi connectivity index (χ0v) is 11.7. The number of nitro groups is 1. The molecule has 1 saturated heterocycles. The average Bonchev–Trinajstić information content (AvgIpc) is 2.90. The van der Waals surface area contributed by atoms with Gasteiger partial charge in [0, 0.05) is 37.0 Å². The first-order valence-corrected chi connectivity index (χ1v) is 7.97. The summed E-state index contributed by atoms with van der Waals surface area (Å²) in [5.41, 5.74) is -0.350. The van der Waals surface area contributed by atoms with Crippen LogP contribution in [-0.4, -0.2) is 43.5 Å². The van der Waals surface area contributed by atoms with E-state index in [-0.39, 0.29) is 16.4 Å². The lowest BCUT2D eigenvalue weighted by Gasteiger charge is -2.15. The number of sulfone groups is 1. The van der Waals surface area contributed by atoms with Crippen molar-refractivity contribution in [3.63, 3.8) is 0 Å². The van der Waals surface area contributed by atoms with Crippen LogP contribution in [0.1, 0.15) is 23.2 Å². The lowest BCUT2D eigenvalue weighted by atomic mass is 10.2. The molecule has 1 aliphatic heterocycles. The van der Waals surface area contributed by atoms with Crippen LogP contribution < -0.4 is 0 Å². The first-order valence-electron chi connectivity index (χ1n) is 6.08. The molecule has 0 N–H and O–H groups in total. The van der Waals surface area contributed by atoms with Gasteiger partial charge in [-0.25, -0.2) is 8.42 Å². The van der Waals surface area contributed by atoms with E-state index in [0.29, 0.717) is 13.1 Å². The molecule has 1 fully saturated rings. The molecule has 1 aliphatic rings. The second-order valence-electron chi connectivity index (χ2n) is 4.74. The lowest BCUT2D eigenvalue weighted by molar-refractivity contribution is -0.385. The van der Waals surface area contributed by atoms with Gasteiger partial charge in [-0.3, -0.25) is 14.9 Å². The van der Waals surface area contributed by atoms with E-state index < -0.39 is 20.4 Å². The van der Waals surface area contributed by atoms with Crippen LogP contribution in [0.25, 0.3) is 0 Å². The molecule has 1 amide bonds. The second kappa shape index (κ2) is 5.20. The fourth-order valence-electron chi connectivity index (χ4n) is 2.13. The van der Waals surface area contributed by atoms with Crippen LogP contribution in [0.4, 0.5) is 5.69 Å². The molecule has 1 aromatic rings. The quantitative estimate of drug-likeness (QED) is 0.617. The summed E-state index contributed by atoms with van der Waals surface area (Å²) in [6, 6.07) is 3.29. The Hall–Kier alpha value is -1.96. The molecule has 2 rings (SSSR count). The van der Waals surface area contributed by atoms with Gasteiger partial charge in [-0.2, -0.15) is 0 Å². The summed E-state index contributed by atoms with van der Waals surface area (Å²) in [4.78, 5) is 23.7. The maximum atomic E-state index is 12.2. The van der Waals surface area contributed by atoms with Crippen molar-refractivity contribution in [3.05, 3.63) is 33.9 Å². The number of non-ortho nitro benzene ring substituents is 1. The van der Waals surface area contributed by atoms with Crippen molar-refractivity contribution in [1.82, 2.24) is 4.90 Å². The molecule has 108 valence electrons. The normalized spacial score (nSPS) is 15.3. The van der Waals surface area contributed by atoms with E-state index in [0.717, 1.165) is 31.2 Å². The molecule has 0 radical (unpaired) electrons. The number of hydrogen-bond donors (Lipinski definition) is 0. The van der Waals surface area contributed by atoms with Crippen LogP contribution >= 0.6 is 0 Å². The minimum Gasteiger partial charge on any atom is -0.339 e. The minimum atomic E-state index is -3.61. The highest BCUT2D eigenvalue weighted by atomic mass is 32.2. The monoisotopic (exact) mass is 298 g/mol. The van der Waals surface area contributed by atoms with E-state index >= 15 is 0 Å². The van der Waals surface area contributed by atoms with Gasteiger partial charge in [0.25, 0.3) is 11.6 Å². The van der Waals surface area contributed by atoms with Gasteiger partial charge in [0.1, 0.15) is 0 Å². The molecule has 0 spiro atoms. The van der Waals surface area contributed by atoms with Crippen molar-refractivity contribution in [2.75, 3.05) is 19.3 Å². The van der Waals surface area contributed by atoms with Gasteiger partial charge in [-0.15, -0.1) is 0 Å². The lowest BCUT2D eigenvalue weighted by Crippen LogP contribution is -2.27. The number of carbonyl (C=O) groups excluding carboxylic acids is 1. The van der Waals surface area contributed by atoms with Crippen molar-refractivity contribution in [1.29, 1.82) is 0 Å². The van der Waals surface area contributed by atoms with Gasteiger partial charge in [0.2, 0.25) is 0 Å². The predicted octanol–water partition coefficient (Wildman–Crippen LogP) is 1.23. The van der Waals surface area contributed by atoms with Gasteiger partial charge < -0.3 is 4.90 Å². The van der Waals surface area contributed by atoms with E-state index in [4.69, 9.17) is 0 Å². The number of nitro benzene ring substituents is 1. The van der Waals surface area contributed by atoms with E-state index in [1.807, 2.05) is 0 Å². The third kappa shape index (κ3) is 2.96. The fraction of sp³-hybridized carbons (Fsp3) is 0.417. The summed E-state index contributed by atoms with van der Waals surface area (Å²) in [5.74, 6) is -0.365.